The molecule has 4 rings (SSSR count). The highest BCUT2D eigenvalue weighted by Crippen LogP contribution is 2.31. The Morgan fingerprint density at radius 3 is 2.52 bits per heavy atom. The van der Waals surface area contributed by atoms with Gasteiger partial charge in [0, 0.05) is 6.54 Å². The molecular formula is C20H22N2O2S. The smallest absolute Gasteiger partial charge is 0.279 e. The molecule has 130 valence electrons. The molecule has 0 saturated carbocycles. The van der Waals surface area contributed by atoms with E-state index in [0.29, 0.717) is 5.19 Å². The minimum absolute atomic E-state index is 0.667. The van der Waals surface area contributed by atoms with Gasteiger partial charge in [0.2, 0.25) is 0 Å². The number of likely N-dealkylation sites (tertiary alicyclic amines) is 1. The van der Waals surface area contributed by atoms with E-state index in [0.717, 1.165) is 41.3 Å². The topological polar surface area (TPSA) is 34.6 Å². The molecule has 0 N–H and O–H groups in total. The molecule has 1 aliphatic rings. The van der Waals surface area contributed by atoms with Crippen molar-refractivity contribution in [2.75, 3.05) is 26.2 Å². The summed E-state index contributed by atoms with van der Waals surface area (Å²) >= 11 is 1.56. The third-order valence-corrected chi connectivity index (χ3v) is 5.30. The van der Waals surface area contributed by atoms with Gasteiger partial charge < -0.3 is 14.4 Å². The van der Waals surface area contributed by atoms with Crippen molar-refractivity contribution in [2.45, 2.75) is 19.3 Å². The first kappa shape index (κ1) is 16.4. The van der Waals surface area contributed by atoms with Crippen LogP contribution >= 0.6 is 11.3 Å². The number of aromatic nitrogens is 1. The van der Waals surface area contributed by atoms with E-state index in [-0.39, 0.29) is 0 Å². The second-order valence-corrected chi connectivity index (χ2v) is 7.26. The highest BCUT2D eigenvalue weighted by molar-refractivity contribution is 7.20. The van der Waals surface area contributed by atoms with Gasteiger partial charge in [-0.3, -0.25) is 0 Å². The molecular weight excluding hydrogens is 332 g/mol. The van der Waals surface area contributed by atoms with Crippen LogP contribution in [0.2, 0.25) is 0 Å². The first-order valence-electron chi connectivity index (χ1n) is 8.85. The maximum Gasteiger partial charge on any atom is 0.279 e. The monoisotopic (exact) mass is 354 g/mol. The number of thiazole rings is 1. The van der Waals surface area contributed by atoms with Gasteiger partial charge in [-0.05, 0) is 68.8 Å². The Balaban J connectivity index is 1.27. The molecule has 0 bridgehead atoms. The Morgan fingerprint density at radius 1 is 0.960 bits per heavy atom. The minimum atomic E-state index is 0.667. The van der Waals surface area contributed by atoms with Crippen LogP contribution in [-0.4, -0.2) is 36.1 Å². The largest absolute Gasteiger partial charge is 0.494 e. The Bertz CT molecular complexity index is 777. The second-order valence-electron chi connectivity index (χ2n) is 6.27. The van der Waals surface area contributed by atoms with E-state index in [4.69, 9.17) is 9.47 Å². The van der Waals surface area contributed by atoms with Crippen molar-refractivity contribution < 1.29 is 9.47 Å². The number of para-hydroxylation sites is 1. The van der Waals surface area contributed by atoms with E-state index in [9.17, 15) is 0 Å². The van der Waals surface area contributed by atoms with Gasteiger partial charge in [-0.1, -0.05) is 23.5 Å². The molecule has 5 heteroatoms. The molecule has 0 aliphatic carbocycles. The summed E-state index contributed by atoms with van der Waals surface area (Å²) in [5, 5.41) is 0.667. The zero-order valence-electron chi connectivity index (χ0n) is 14.2. The summed E-state index contributed by atoms with van der Waals surface area (Å²) < 4.78 is 12.8. The summed E-state index contributed by atoms with van der Waals surface area (Å²) in [6.07, 6.45) is 3.76. The van der Waals surface area contributed by atoms with E-state index in [2.05, 4.69) is 16.0 Å². The van der Waals surface area contributed by atoms with Crippen LogP contribution < -0.4 is 9.47 Å². The molecule has 4 nitrogen and oxygen atoms in total. The molecule has 0 amide bonds. The van der Waals surface area contributed by atoms with E-state index in [1.165, 1.54) is 25.9 Å². The molecule has 0 spiro atoms. The number of hydrogen-bond acceptors (Lipinski definition) is 5. The molecule has 1 aromatic heterocycles. The van der Waals surface area contributed by atoms with Crippen LogP contribution in [0.1, 0.15) is 19.3 Å². The maximum atomic E-state index is 5.86. The van der Waals surface area contributed by atoms with Crippen molar-refractivity contribution in [1.29, 1.82) is 0 Å². The first-order valence-corrected chi connectivity index (χ1v) is 9.67. The molecule has 1 aliphatic heterocycles. The average molecular weight is 354 g/mol. The van der Waals surface area contributed by atoms with Crippen molar-refractivity contribution in [3.05, 3.63) is 48.5 Å². The lowest BCUT2D eigenvalue weighted by molar-refractivity contribution is 0.263. The predicted molar refractivity (Wildman–Crippen MR) is 102 cm³/mol. The van der Waals surface area contributed by atoms with Crippen LogP contribution in [0, 0.1) is 0 Å². The molecule has 0 unspecified atom stereocenters. The number of fused-ring (bicyclic) bond motifs is 1. The van der Waals surface area contributed by atoms with Gasteiger partial charge in [-0.15, -0.1) is 0 Å². The zero-order valence-corrected chi connectivity index (χ0v) is 15.0. The summed E-state index contributed by atoms with van der Waals surface area (Å²) in [5.74, 6) is 1.67. The summed E-state index contributed by atoms with van der Waals surface area (Å²) in [6, 6.07) is 15.8. The normalized spacial score (nSPS) is 14.9. The number of nitrogens with zero attached hydrogens (tertiary/aromatic N) is 2. The fraction of sp³-hybridized carbons (Fsp3) is 0.350. The van der Waals surface area contributed by atoms with Crippen LogP contribution in [0.4, 0.5) is 0 Å². The highest BCUT2D eigenvalue weighted by Gasteiger charge is 2.10. The van der Waals surface area contributed by atoms with Crippen LogP contribution in [0.25, 0.3) is 10.2 Å². The van der Waals surface area contributed by atoms with Crippen molar-refractivity contribution in [3.8, 4) is 16.7 Å². The Morgan fingerprint density at radius 2 is 1.72 bits per heavy atom. The van der Waals surface area contributed by atoms with Gasteiger partial charge in [-0.2, -0.15) is 0 Å². The molecule has 1 fully saturated rings. The van der Waals surface area contributed by atoms with Crippen molar-refractivity contribution >= 4 is 21.6 Å². The molecule has 2 heterocycles. The van der Waals surface area contributed by atoms with E-state index < -0.39 is 0 Å². The van der Waals surface area contributed by atoms with Gasteiger partial charge in [0.1, 0.15) is 11.5 Å². The van der Waals surface area contributed by atoms with Crippen LogP contribution in [0.15, 0.2) is 48.5 Å². The van der Waals surface area contributed by atoms with Crippen LogP contribution in [0.3, 0.4) is 0 Å². The standard InChI is InChI=1S/C20H22N2O2S/c1-2-7-19-18(6-1)21-20(25-19)24-17-10-8-16(9-11-17)23-15-5-14-22-12-3-4-13-22/h1-2,6-11H,3-5,12-15H2. The van der Waals surface area contributed by atoms with E-state index >= 15 is 0 Å². The van der Waals surface area contributed by atoms with Crippen LogP contribution in [-0.2, 0) is 0 Å². The lowest BCUT2D eigenvalue weighted by Crippen LogP contribution is -2.21. The van der Waals surface area contributed by atoms with Gasteiger partial charge in [0.15, 0.2) is 0 Å². The molecule has 25 heavy (non-hydrogen) atoms. The van der Waals surface area contributed by atoms with Gasteiger partial charge >= 0.3 is 0 Å². The highest BCUT2D eigenvalue weighted by atomic mass is 32.1. The van der Waals surface area contributed by atoms with E-state index in [1.807, 2.05) is 42.5 Å². The van der Waals surface area contributed by atoms with Crippen molar-refractivity contribution in [3.63, 3.8) is 0 Å². The maximum absolute atomic E-state index is 5.86. The molecule has 0 atom stereocenters. The summed E-state index contributed by atoms with van der Waals surface area (Å²) in [5.41, 5.74) is 0.973. The Labute approximate surface area is 152 Å². The van der Waals surface area contributed by atoms with Gasteiger partial charge in [0.05, 0.1) is 16.8 Å². The number of ether oxygens (including phenoxy) is 2. The average Bonchev–Trinajstić information content (AvgIpc) is 3.29. The third kappa shape index (κ3) is 4.30. The van der Waals surface area contributed by atoms with Gasteiger partial charge in [0.25, 0.3) is 5.19 Å². The quantitative estimate of drug-likeness (QED) is 0.562. The molecule has 3 aromatic rings. The SMILES string of the molecule is c1ccc2sc(Oc3ccc(OCCCN4CCCC4)cc3)nc2c1. The number of rotatable bonds is 7. The molecule has 2 aromatic carbocycles. The Hall–Kier alpha value is -2.11. The summed E-state index contributed by atoms with van der Waals surface area (Å²) in [6.45, 7) is 4.39. The van der Waals surface area contributed by atoms with Gasteiger partial charge in [-0.25, -0.2) is 4.98 Å². The second kappa shape index (κ2) is 7.85. The molecule has 1 saturated heterocycles. The lowest BCUT2D eigenvalue weighted by Gasteiger charge is -2.14. The lowest BCUT2D eigenvalue weighted by atomic mass is 10.3. The zero-order chi connectivity index (χ0) is 16.9. The summed E-state index contributed by atoms with van der Waals surface area (Å²) in [7, 11) is 0. The predicted octanol–water partition coefficient (Wildman–Crippen LogP) is 4.95. The minimum Gasteiger partial charge on any atom is -0.494 e. The van der Waals surface area contributed by atoms with Crippen molar-refractivity contribution in [2.24, 2.45) is 0 Å². The molecule has 0 radical (unpaired) electrons. The first-order chi connectivity index (χ1) is 12.4. The summed E-state index contributed by atoms with van der Waals surface area (Å²) in [4.78, 5) is 7.00. The van der Waals surface area contributed by atoms with E-state index in [1.54, 1.807) is 11.3 Å². The number of hydrogen-bond donors (Lipinski definition) is 0. The van der Waals surface area contributed by atoms with Crippen molar-refractivity contribution in [1.82, 2.24) is 9.88 Å². The number of benzene rings is 2. The third-order valence-electron chi connectivity index (χ3n) is 4.39. The van der Waals surface area contributed by atoms with Crippen LogP contribution in [0.5, 0.6) is 16.7 Å². The fourth-order valence-corrected chi connectivity index (χ4v) is 3.92. The fourth-order valence-electron chi connectivity index (χ4n) is 3.08. The Kier molecular flexibility index (Phi) is 5.14.